The van der Waals surface area contributed by atoms with E-state index in [0.29, 0.717) is 0 Å². The summed E-state index contributed by atoms with van der Waals surface area (Å²) in [7, 11) is 2.37. The number of carbonyl (C=O) groups is 4. The Labute approximate surface area is 170 Å². The largest absolute Gasteiger partial charge is 0.468 e. The van der Waals surface area contributed by atoms with Gasteiger partial charge in [-0.3, -0.25) is 24.5 Å². The summed E-state index contributed by atoms with van der Waals surface area (Å²) in [4.78, 5) is 51.9. The average molecular weight is 413 g/mol. The Morgan fingerprint density at radius 3 is 1.28 bits per heavy atom. The van der Waals surface area contributed by atoms with E-state index in [9.17, 15) is 19.2 Å². The van der Waals surface area contributed by atoms with Crippen molar-refractivity contribution < 1.29 is 38.1 Å². The van der Waals surface area contributed by atoms with Crippen LogP contribution in [0.3, 0.4) is 0 Å². The zero-order valence-electron chi connectivity index (χ0n) is 18.3. The van der Waals surface area contributed by atoms with Gasteiger partial charge in [-0.2, -0.15) is 0 Å². The first-order valence-electron chi connectivity index (χ1n) is 9.55. The Morgan fingerprint density at radius 1 is 0.724 bits per heavy atom. The van der Waals surface area contributed by atoms with Crippen molar-refractivity contribution in [1.29, 1.82) is 0 Å². The third-order valence-electron chi connectivity index (χ3n) is 5.18. The first kappa shape index (κ1) is 23.1. The summed E-state index contributed by atoms with van der Waals surface area (Å²) >= 11 is 0. The Hall–Kier alpha value is -2.16. The summed E-state index contributed by atoms with van der Waals surface area (Å²) < 4.78 is 20.9. The highest BCUT2D eigenvalue weighted by atomic mass is 16.6. The molecular weight excluding hydrogens is 382 g/mol. The smallest absolute Gasteiger partial charge is 0.327 e. The van der Waals surface area contributed by atoms with Gasteiger partial charge in [-0.05, 0) is 54.4 Å². The maximum atomic E-state index is 13.2. The van der Waals surface area contributed by atoms with Crippen molar-refractivity contribution in [3.8, 4) is 0 Å². The second kappa shape index (κ2) is 7.27. The van der Waals surface area contributed by atoms with Crippen LogP contribution in [0, 0.1) is 11.8 Å². The molecule has 164 valence electrons. The fourth-order valence-electron chi connectivity index (χ4n) is 4.28. The summed E-state index contributed by atoms with van der Waals surface area (Å²) in [5, 5.41) is 2.94. The van der Waals surface area contributed by atoms with E-state index in [4.69, 9.17) is 18.9 Å². The summed E-state index contributed by atoms with van der Waals surface area (Å²) in [5.41, 5.74) is -4.92. The molecule has 0 unspecified atom stereocenters. The monoisotopic (exact) mass is 413 g/mol. The molecule has 0 aromatic carbocycles. The SMILES string of the molecule is COC(=O)[C@]12CC[C@](C(=O)OC)(N1)[C@H](C(=O)OC(C)(C)C)[C@H]2C(=O)OC(C)(C)C. The number of rotatable bonds is 4. The molecule has 2 fully saturated rings. The summed E-state index contributed by atoms with van der Waals surface area (Å²) in [6.45, 7) is 10.1. The van der Waals surface area contributed by atoms with Crippen LogP contribution in [0.2, 0.25) is 0 Å². The Bertz CT molecular complexity index is 659. The van der Waals surface area contributed by atoms with Gasteiger partial charge in [-0.15, -0.1) is 0 Å². The van der Waals surface area contributed by atoms with Crippen LogP contribution in [0.5, 0.6) is 0 Å². The lowest BCUT2D eigenvalue weighted by Gasteiger charge is -2.37. The number of ether oxygens (including phenoxy) is 4. The van der Waals surface area contributed by atoms with Gasteiger partial charge in [0.15, 0.2) is 0 Å². The number of fused-ring (bicyclic) bond motifs is 2. The van der Waals surface area contributed by atoms with Gasteiger partial charge in [-0.25, -0.2) is 0 Å². The molecule has 2 aliphatic rings. The quantitative estimate of drug-likeness (QED) is 0.534. The molecule has 4 atom stereocenters. The minimum atomic E-state index is -1.59. The molecule has 2 bridgehead atoms. The van der Waals surface area contributed by atoms with E-state index in [1.165, 1.54) is 14.2 Å². The molecule has 0 spiro atoms. The second-order valence-electron chi connectivity index (χ2n) is 9.57. The molecule has 29 heavy (non-hydrogen) atoms. The van der Waals surface area contributed by atoms with Gasteiger partial charge < -0.3 is 18.9 Å². The summed E-state index contributed by atoms with van der Waals surface area (Å²) in [5.74, 6) is -5.67. The molecule has 0 saturated carbocycles. The molecular formula is C20H31NO8. The van der Waals surface area contributed by atoms with Crippen LogP contribution >= 0.6 is 0 Å². The molecule has 0 amide bonds. The molecule has 2 rings (SSSR count). The van der Waals surface area contributed by atoms with E-state index < -0.39 is 58.0 Å². The van der Waals surface area contributed by atoms with Crippen LogP contribution in [0.4, 0.5) is 0 Å². The third-order valence-corrected chi connectivity index (χ3v) is 5.18. The predicted octanol–water partition coefficient (Wildman–Crippen LogP) is 1.12. The van der Waals surface area contributed by atoms with E-state index in [1.54, 1.807) is 41.5 Å². The fraction of sp³-hybridized carbons (Fsp3) is 0.800. The maximum Gasteiger partial charge on any atom is 0.327 e. The van der Waals surface area contributed by atoms with E-state index in [2.05, 4.69) is 5.32 Å². The minimum absolute atomic E-state index is 0.109. The van der Waals surface area contributed by atoms with Gasteiger partial charge in [0.1, 0.15) is 34.1 Å². The van der Waals surface area contributed by atoms with E-state index in [1.807, 2.05) is 0 Å². The molecule has 2 heterocycles. The molecule has 0 aliphatic carbocycles. The van der Waals surface area contributed by atoms with Crippen molar-refractivity contribution in [1.82, 2.24) is 5.32 Å². The van der Waals surface area contributed by atoms with Gasteiger partial charge in [0.2, 0.25) is 0 Å². The van der Waals surface area contributed by atoms with Crippen molar-refractivity contribution in [3.63, 3.8) is 0 Å². The molecule has 9 heteroatoms. The lowest BCUT2D eigenvalue weighted by molar-refractivity contribution is -0.181. The molecule has 0 radical (unpaired) electrons. The van der Waals surface area contributed by atoms with Gasteiger partial charge in [0.25, 0.3) is 0 Å². The van der Waals surface area contributed by atoms with Crippen LogP contribution < -0.4 is 5.32 Å². The molecule has 0 aromatic rings. The third kappa shape index (κ3) is 3.97. The lowest BCUT2D eigenvalue weighted by Crippen LogP contribution is -2.56. The van der Waals surface area contributed by atoms with Crippen molar-refractivity contribution in [2.24, 2.45) is 11.8 Å². The van der Waals surface area contributed by atoms with Crippen molar-refractivity contribution in [2.45, 2.75) is 76.7 Å². The van der Waals surface area contributed by atoms with Crippen LogP contribution in [-0.2, 0) is 38.1 Å². The molecule has 9 nitrogen and oxygen atoms in total. The Balaban J connectivity index is 2.64. The highest BCUT2D eigenvalue weighted by Crippen LogP contribution is 2.55. The summed E-state index contributed by atoms with van der Waals surface area (Å²) in [6, 6.07) is 0. The topological polar surface area (TPSA) is 117 Å². The number of methoxy groups -OCH3 is 2. The summed E-state index contributed by atoms with van der Waals surface area (Å²) in [6.07, 6.45) is 0.218. The Kier molecular flexibility index (Phi) is 5.79. The molecule has 1 N–H and O–H groups in total. The van der Waals surface area contributed by atoms with Gasteiger partial charge in [0, 0.05) is 0 Å². The van der Waals surface area contributed by atoms with E-state index >= 15 is 0 Å². The number of carbonyl (C=O) groups excluding carboxylic acids is 4. The predicted molar refractivity (Wildman–Crippen MR) is 101 cm³/mol. The second-order valence-corrected chi connectivity index (χ2v) is 9.57. The van der Waals surface area contributed by atoms with Crippen LogP contribution in [0.25, 0.3) is 0 Å². The van der Waals surface area contributed by atoms with Crippen LogP contribution in [0.15, 0.2) is 0 Å². The highest BCUT2D eigenvalue weighted by molar-refractivity contribution is 6.01. The average Bonchev–Trinajstić information content (AvgIpc) is 3.11. The first-order valence-corrected chi connectivity index (χ1v) is 9.55. The van der Waals surface area contributed by atoms with Crippen molar-refractivity contribution in [3.05, 3.63) is 0 Å². The molecule has 2 saturated heterocycles. The first-order chi connectivity index (χ1) is 13.1. The van der Waals surface area contributed by atoms with Crippen molar-refractivity contribution >= 4 is 23.9 Å². The van der Waals surface area contributed by atoms with Gasteiger partial charge >= 0.3 is 23.9 Å². The number of esters is 4. The molecule has 0 aromatic heterocycles. The van der Waals surface area contributed by atoms with E-state index in [0.717, 1.165) is 0 Å². The number of hydrogen-bond donors (Lipinski definition) is 1. The lowest BCUT2D eigenvalue weighted by atomic mass is 9.66. The normalized spacial score (nSPS) is 31.2. The highest BCUT2D eigenvalue weighted by Gasteiger charge is 2.77. The minimum Gasteiger partial charge on any atom is -0.468 e. The zero-order chi connectivity index (χ0) is 22.4. The van der Waals surface area contributed by atoms with E-state index in [-0.39, 0.29) is 12.8 Å². The fourth-order valence-corrected chi connectivity index (χ4v) is 4.28. The number of hydrogen-bond acceptors (Lipinski definition) is 9. The standard InChI is InChI=1S/C20H31NO8/c1-17(2,3)28-13(22)11-12(14(23)29-18(4,5)6)20(16(25)27-8)10-9-19(11,21-20)15(24)26-7/h11-12,21H,9-10H2,1-8H3/t11-,12-,19-,20+/m0/s1. The van der Waals surface area contributed by atoms with Crippen LogP contribution in [-0.4, -0.2) is 60.4 Å². The van der Waals surface area contributed by atoms with Crippen LogP contribution in [0.1, 0.15) is 54.4 Å². The zero-order valence-corrected chi connectivity index (χ0v) is 18.3. The van der Waals surface area contributed by atoms with Crippen molar-refractivity contribution in [2.75, 3.05) is 14.2 Å². The number of nitrogens with one attached hydrogen (secondary N) is 1. The van der Waals surface area contributed by atoms with Gasteiger partial charge in [0.05, 0.1) is 14.2 Å². The van der Waals surface area contributed by atoms with Gasteiger partial charge in [-0.1, -0.05) is 0 Å². The molecule has 2 aliphatic heterocycles. The maximum absolute atomic E-state index is 13.2. The Morgan fingerprint density at radius 2 is 1.03 bits per heavy atom.